The van der Waals surface area contributed by atoms with E-state index in [-0.39, 0.29) is 12.4 Å². The number of rotatable bonds is 10. The van der Waals surface area contributed by atoms with Crippen LogP contribution in [0, 0.1) is 17.2 Å². The van der Waals surface area contributed by atoms with Crippen molar-refractivity contribution in [3.8, 4) is 6.07 Å². The van der Waals surface area contributed by atoms with Gasteiger partial charge in [-0.2, -0.15) is 10.1 Å². The number of nitrogens with two attached hydrogens (primary N) is 1. The van der Waals surface area contributed by atoms with Crippen molar-refractivity contribution in [1.29, 1.82) is 5.26 Å². The number of carbonyl (C=O) groups is 1. The largest absolute Gasteiger partial charge is 0.484 e. The van der Waals surface area contributed by atoms with Crippen LogP contribution in [0.4, 0.5) is 0 Å². The van der Waals surface area contributed by atoms with E-state index in [1.807, 2.05) is 18.2 Å². The van der Waals surface area contributed by atoms with E-state index in [0.717, 1.165) is 0 Å². The van der Waals surface area contributed by atoms with Crippen molar-refractivity contribution >= 4 is 5.78 Å². The van der Waals surface area contributed by atoms with E-state index in [2.05, 4.69) is 17.3 Å². The number of nitrogens with zero attached hydrogens (tertiary/aromatic N) is 1. The van der Waals surface area contributed by atoms with E-state index >= 15 is 0 Å². The van der Waals surface area contributed by atoms with E-state index in [1.54, 1.807) is 25.2 Å². The topological polar surface area (TPSA) is 113 Å². The number of hydrogen-bond donors (Lipinski definition) is 1. The van der Waals surface area contributed by atoms with Gasteiger partial charge in [0.15, 0.2) is 18.0 Å². The SMILES string of the molecule is C=C/C=C\OOC1CC=CC=C1OC(C)C(=O)C(C#N)COC.CON. The molecule has 2 N–H and O–H groups in total. The van der Waals surface area contributed by atoms with Gasteiger partial charge in [0.1, 0.15) is 17.9 Å². The number of Topliss-reactive ketones (excluding diaryl/α,β-unsaturated/α-hetero) is 1. The molecule has 0 heterocycles. The second-order valence-corrected chi connectivity index (χ2v) is 5.01. The molecule has 1 aliphatic rings. The lowest BCUT2D eigenvalue weighted by atomic mass is 10.0. The number of carbonyl (C=O) groups excluding carboxylic acids is 1. The fourth-order valence-electron chi connectivity index (χ4n) is 1.87. The maximum Gasteiger partial charge on any atom is 0.192 e. The average molecular weight is 366 g/mol. The second-order valence-electron chi connectivity index (χ2n) is 5.01. The Labute approximate surface area is 154 Å². The minimum atomic E-state index is -0.860. The van der Waals surface area contributed by atoms with Gasteiger partial charge in [0.2, 0.25) is 0 Å². The summed E-state index contributed by atoms with van der Waals surface area (Å²) in [7, 11) is 2.84. The van der Waals surface area contributed by atoms with Crippen molar-refractivity contribution in [3.63, 3.8) is 0 Å². The van der Waals surface area contributed by atoms with Crippen LogP contribution >= 0.6 is 0 Å². The molecule has 0 amide bonds. The molecule has 1 rings (SSSR count). The van der Waals surface area contributed by atoms with Crippen LogP contribution in [0.5, 0.6) is 0 Å². The van der Waals surface area contributed by atoms with Crippen molar-refractivity contribution in [2.24, 2.45) is 11.8 Å². The molecular weight excluding hydrogens is 340 g/mol. The van der Waals surface area contributed by atoms with E-state index in [1.165, 1.54) is 20.5 Å². The lowest BCUT2D eigenvalue weighted by Gasteiger charge is -2.24. The highest BCUT2D eigenvalue weighted by Gasteiger charge is 2.28. The van der Waals surface area contributed by atoms with Gasteiger partial charge in [-0.15, -0.1) is 0 Å². The molecule has 0 spiro atoms. The summed E-state index contributed by atoms with van der Waals surface area (Å²) in [5.74, 6) is 3.62. The third-order valence-electron chi connectivity index (χ3n) is 3.05. The molecular formula is C18H26N2O6. The van der Waals surface area contributed by atoms with Gasteiger partial charge in [0.05, 0.1) is 19.8 Å². The van der Waals surface area contributed by atoms with Crippen molar-refractivity contribution in [2.45, 2.75) is 25.6 Å². The second kappa shape index (κ2) is 14.9. The fourth-order valence-corrected chi connectivity index (χ4v) is 1.87. The Morgan fingerprint density at radius 3 is 2.81 bits per heavy atom. The van der Waals surface area contributed by atoms with E-state index in [9.17, 15) is 4.79 Å². The van der Waals surface area contributed by atoms with E-state index in [0.29, 0.717) is 12.2 Å². The van der Waals surface area contributed by atoms with Gasteiger partial charge in [-0.05, 0) is 19.1 Å². The summed E-state index contributed by atoms with van der Waals surface area (Å²) in [6.07, 6.45) is 9.19. The number of hydrogen-bond acceptors (Lipinski definition) is 8. The zero-order valence-electron chi connectivity index (χ0n) is 15.3. The summed E-state index contributed by atoms with van der Waals surface area (Å²) >= 11 is 0. The first-order chi connectivity index (χ1) is 12.5. The van der Waals surface area contributed by atoms with Gasteiger partial charge in [0.25, 0.3) is 0 Å². The van der Waals surface area contributed by atoms with Crippen molar-refractivity contribution in [3.05, 3.63) is 49.0 Å². The Kier molecular flexibility index (Phi) is 13.5. The van der Waals surface area contributed by atoms with Crippen LogP contribution in [-0.4, -0.2) is 38.8 Å². The molecule has 0 aromatic rings. The quantitative estimate of drug-likeness (QED) is 0.271. The number of ketones is 1. The molecule has 0 aromatic heterocycles. The van der Waals surface area contributed by atoms with Gasteiger partial charge in [-0.1, -0.05) is 24.8 Å². The number of ether oxygens (including phenoxy) is 2. The molecule has 0 fully saturated rings. The molecule has 0 aromatic carbocycles. The molecule has 0 saturated carbocycles. The first kappa shape index (κ1) is 23.6. The van der Waals surface area contributed by atoms with Gasteiger partial charge in [-0.3, -0.25) is 4.79 Å². The van der Waals surface area contributed by atoms with Crippen molar-refractivity contribution in [2.75, 3.05) is 20.8 Å². The van der Waals surface area contributed by atoms with Gasteiger partial charge in [-0.25, -0.2) is 5.90 Å². The third-order valence-corrected chi connectivity index (χ3v) is 3.05. The predicted octanol–water partition coefficient (Wildman–Crippen LogP) is 2.11. The van der Waals surface area contributed by atoms with Gasteiger partial charge in [0, 0.05) is 13.5 Å². The highest BCUT2D eigenvalue weighted by atomic mass is 17.2. The first-order valence-electron chi connectivity index (χ1n) is 7.83. The lowest BCUT2D eigenvalue weighted by molar-refractivity contribution is -0.280. The Morgan fingerprint density at radius 2 is 2.23 bits per heavy atom. The number of allylic oxidation sites excluding steroid dienone is 4. The Morgan fingerprint density at radius 1 is 1.54 bits per heavy atom. The zero-order valence-corrected chi connectivity index (χ0v) is 15.3. The van der Waals surface area contributed by atoms with Gasteiger partial charge >= 0.3 is 0 Å². The van der Waals surface area contributed by atoms with E-state index in [4.69, 9.17) is 24.5 Å². The molecule has 0 radical (unpaired) electrons. The minimum absolute atomic E-state index is 0.0391. The smallest absolute Gasteiger partial charge is 0.192 e. The molecule has 144 valence electrons. The standard InChI is InChI=1S/C17H21NO5.CH5NO/c1-4-5-10-21-23-16-9-7-6-8-15(16)22-13(2)17(19)14(11-18)12-20-3;1-3-2/h4-8,10,13-14,16H,1,9,12H2,2-3H3;2H2,1H3/b10-5-;. The Bertz CT molecular complexity index is 550. The predicted molar refractivity (Wildman–Crippen MR) is 94.9 cm³/mol. The third kappa shape index (κ3) is 9.15. The fraction of sp³-hybridized carbons (Fsp3) is 0.444. The van der Waals surface area contributed by atoms with E-state index < -0.39 is 18.1 Å². The summed E-state index contributed by atoms with van der Waals surface area (Å²) in [5.41, 5.74) is 0. The molecule has 3 unspecified atom stereocenters. The Balaban J connectivity index is 0.00000194. The highest BCUT2D eigenvalue weighted by Crippen LogP contribution is 2.21. The molecule has 0 aliphatic heterocycles. The van der Waals surface area contributed by atoms with Crippen LogP contribution in [-0.2, 0) is 28.9 Å². The molecule has 1 aliphatic carbocycles. The van der Waals surface area contributed by atoms with Crippen LogP contribution in [0.3, 0.4) is 0 Å². The molecule has 26 heavy (non-hydrogen) atoms. The summed E-state index contributed by atoms with van der Waals surface area (Å²) in [6.45, 7) is 5.15. The lowest BCUT2D eigenvalue weighted by Crippen LogP contribution is -2.32. The highest BCUT2D eigenvalue weighted by molar-refractivity contribution is 5.87. The normalized spacial score (nSPS) is 18.0. The summed E-state index contributed by atoms with van der Waals surface area (Å²) < 4.78 is 10.5. The minimum Gasteiger partial charge on any atom is -0.484 e. The van der Waals surface area contributed by atoms with Crippen LogP contribution in [0.2, 0.25) is 0 Å². The van der Waals surface area contributed by atoms with Crippen molar-refractivity contribution in [1.82, 2.24) is 0 Å². The summed E-state index contributed by atoms with van der Waals surface area (Å²) in [6, 6.07) is 1.92. The first-order valence-corrected chi connectivity index (χ1v) is 7.83. The number of nitriles is 1. The van der Waals surface area contributed by atoms with Crippen LogP contribution in [0.1, 0.15) is 13.3 Å². The maximum absolute atomic E-state index is 12.2. The molecule has 8 heteroatoms. The molecule has 3 atom stereocenters. The number of methoxy groups -OCH3 is 1. The molecule has 0 saturated heterocycles. The Hall–Kier alpha value is -2.44. The monoisotopic (exact) mass is 366 g/mol. The summed E-state index contributed by atoms with van der Waals surface area (Å²) in [4.78, 5) is 26.1. The molecule has 8 nitrogen and oxygen atoms in total. The van der Waals surface area contributed by atoms with Crippen LogP contribution in [0.15, 0.2) is 49.0 Å². The maximum atomic E-state index is 12.2. The van der Waals surface area contributed by atoms with Crippen molar-refractivity contribution < 1.29 is 28.9 Å². The zero-order chi connectivity index (χ0) is 19.8. The van der Waals surface area contributed by atoms with Crippen LogP contribution < -0.4 is 5.90 Å². The average Bonchev–Trinajstić information content (AvgIpc) is 2.64. The van der Waals surface area contributed by atoms with Crippen LogP contribution in [0.25, 0.3) is 0 Å². The summed E-state index contributed by atoms with van der Waals surface area (Å²) in [5, 5.41) is 9.01. The molecule has 0 bridgehead atoms. The van der Waals surface area contributed by atoms with Gasteiger partial charge < -0.3 is 19.2 Å².